The molecule has 1 aromatic rings. The Kier molecular flexibility index (Phi) is 6.21. The standard InChI is InChI=1S/C18H27N3O3S/c1-17(2,3)11-15(22)19-9-6-10-25-18(12-16(23)24)20-13-7-4-5-8-14(13)21-18/h4-5,7-8,20-21H,6,9-12H2,1-3H3,(H,19,22)(H,23,24). The van der Waals surface area contributed by atoms with Crippen LogP contribution in [0.1, 0.15) is 40.0 Å². The van der Waals surface area contributed by atoms with Gasteiger partial charge in [0.1, 0.15) is 0 Å². The molecule has 25 heavy (non-hydrogen) atoms. The number of carboxylic acids is 1. The molecular weight excluding hydrogens is 338 g/mol. The van der Waals surface area contributed by atoms with Crippen LogP contribution in [0.15, 0.2) is 24.3 Å². The van der Waals surface area contributed by atoms with Crippen LogP contribution < -0.4 is 16.0 Å². The minimum Gasteiger partial charge on any atom is -0.481 e. The fourth-order valence-corrected chi connectivity index (χ4v) is 3.91. The van der Waals surface area contributed by atoms with Crippen LogP contribution in [0.25, 0.3) is 0 Å². The highest BCUT2D eigenvalue weighted by molar-refractivity contribution is 8.00. The number of carboxylic acid groups (broad SMARTS) is 1. The Morgan fingerprint density at radius 2 is 1.80 bits per heavy atom. The largest absolute Gasteiger partial charge is 0.481 e. The van der Waals surface area contributed by atoms with Gasteiger partial charge in [-0.1, -0.05) is 32.9 Å². The van der Waals surface area contributed by atoms with Crippen molar-refractivity contribution in [1.29, 1.82) is 0 Å². The first kappa shape index (κ1) is 19.4. The number of fused-ring (bicyclic) bond motifs is 1. The summed E-state index contributed by atoms with van der Waals surface area (Å²) in [7, 11) is 0. The van der Waals surface area contributed by atoms with Crippen molar-refractivity contribution in [2.45, 2.75) is 45.0 Å². The van der Waals surface area contributed by atoms with Gasteiger partial charge in [0, 0.05) is 13.0 Å². The van der Waals surface area contributed by atoms with Crippen molar-refractivity contribution in [2.75, 3.05) is 22.9 Å². The number of rotatable bonds is 8. The van der Waals surface area contributed by atoms with Gasteiger partial charge >= 0.3 is 5.97 Å². The minimum absolute atomic E-state index is 0.0200. The molecule has 1 aromatic carbocycles. The molecule has 6 nitrogen and oxygen atoms in total. The van der Waals surface area contributed by atoms with Gasteiger partial charge in [-0.05, 0) is 29.7 Å². The number of nitrogens with one attached hydrogen (secondary N) is 3. The molecule has 0 saturated carbocycles. The minimum atomic E-state index is -0.862. The second kappa shape index (κ2) is 7.99. The Balaban J connectivity index is 1.81. The molecule has 7 heteroatoms. The fraction of sp³-hybridized carbons (Fsp3) is 0.556. The maximum absolute atomic E-state index is 11.8. The zero-order valence-electron chi connectivity index (χ0n) is 15.0. The normalized spacial score (nSPS) is 15.0. The zero-order valence-corrected chi connectivity index (χ0v) is 15.8. The smallest absolute Gasteiger partial charge is 0.308 e. The van der Waals surface area contributed by atoms with E-state index in [0.717, 1.165) is 23.5 Å². The number of hydrogen-bond acceptors (Lipinski definition) is 5. The monoisotopic (exact) mass is 365 g/mol. The SMILES string of the molecule is CC(C)(C)CC(=O)NCCCSC1(CC(=O)O)Nc2ccccc2N1. The summed E-state index contributed by atoms with van der Waals surface area (Å²) in [6.07, 6.45) is 1.24. The van der Waals surface area contributed by atoms with Gasteiger partial charge in [0.15, 0.2) is 4.99 Å². The second-order valence-corrected chi connectivity index (χ2v) is 8.88. The topological polar surface area (TPSA) is 90.5 Å². The van der Waals surface area contributed by atoms with Gasteiger partial charge in [-0.2, -0.15) is 0 Å². The molecule has 138 valence electrons. The van der Waals surface area contributed by atoms with Crippen molar-refractivity contribution >= 4 is 35.0 Å². The van der Waals surface area contributed by atoms with Crippen LogP contribution in [0.5, 0.6) is 0 Å². The van der Waals surface area contributed by atoms with E-state index in [0.29, 0.717) is 13.0 Å². The third kappa shape index (κ3) is 6.16. The van der Waals surface area contributed by atoms with Crippen molar-refractivity contribution in [2.24, 2.45) is 5.41 Å². The molecule has 1 amide bonds. The highest BCUT2D eigenvalue weighted by atomic mass is 32.2. The summed E-state index contributed by atoms with van der Waals surface area (Å²) in [5.41, 5.74) is 1.80. The van der Waals surface area contributed by atoms with E-state index in [-0.39, 0.29) is 17.7 Å². The molecule has 4 N–H and O–H groups in total. The quantitative estimate of drug-likeness (QED) is 0.528. The van der Waals surface area contributed by atoms with Gasteiger partial charge < -0.3 is 21.1 Å². The van der Waals surface area contributed by atoms with Gasteiger partial charge in [0.25, 0.3) is 0 Å². The molecule has 1 heterocycles. The maximum atomic E-state index is 11.8. The van der Waals surface area contributed by atoms with Crippen LogP contribution >= 0.6 is 11.8 Å². The van der Waals surface area contributed by atoms with Crippen LogP contribution in [0.3, 0.4) is 0 Å². The Bertz CT molecular complexity index is 603. The zero-order chi connectivity index (χ0) is 18.5. The highest BCUT2D eigenvalue weighted by Gasteiger charge is 2.38. The predicted octanol–water partition coefficient (Wildman–Crippen LogP) is 3.33. The van der Waals surface area contributed by atoms with Crippen molar-refractivity contribution in [3.8, 4) is 0 Å². The summed E-state index contributed by atoms with van der Waals surface area (Å²) in [6, 6.07) is 7.69. The van der Waals surface area contributed by atoms with Crippen molar-refractivity contribution in [3.05, 3.63) is 24.3 Å². The average molecular weight is 365 g/mol. The molecule has 0 fully saturated rings. The van der Waals surface area contributed by atoms with Crippen molar-refractivity contribution in [3.63, 3.8) is 0 Å². The van der Waals surface area contributed by atoms with E-state index < -0.39 is 11.0 Å². The van der Waals surface area contributed by atoms with E-state index in [9.17, 15) is 14.7 Å². The van der Waals surface area contributed by atoms with Crippen LogP contribution in [-0.2, 0) is 9.59 Å². The summed E-state index contributed by atoms with van der Waals surface area (Å²) in [5.74, 6) is -0.0714. The lowest BCUT2D eigenvalue weighted by Gasteiger charge is -2.28. The predicted molar refractivity (Wildman–Crippen MR) is 103 cm³/mol. The van der Waals surface area contributed by atoms with Crippen molar-refractivity contribution in [1.82, 2.24) is 5.32 Å². The lowest BCUT2D eigenvalue weighted by Crippen LogP contribution is -2.41. The number of hydrogen-bond donors (Lipinski definition) is 4. The molecule has 0 radical (unpaired) electrons. The van der Waals surface area contributed by atoms with E-state index in [1.807, 2.05) is 45.0 Å². The van der Waals surface area contributed by atoms with Gasteiger partial charge in [-0.3, -0.25) is 9.59 Å². The van der Waals surface area contributed by atoms with E-state index in [1.165, 1.54) is 11.8 Å². The first-order chi connectivity index (χ1) is 11.7. The molecule has 0 saturated heterocycles. The van der Waals surface area contributed by atoms with E-state index in [1.54, 1.807) is 0 Å². The van der Waals surface area contributed by atoms with Crippen LogP contribution in [0.4, 0.5) is 11.4 Å². The lowest BCUT2D eigenvalue weighted by atomic mass is 9.92. The molecule has 2 rings (SSSR count). The van der Waals surface area contributed by atoms with E-state index in [4.69, 9.17) is 0 Å². The second-order valence-electron chi connectivity index (χ2n) is 7.48. The number of para-hydroxylation sites is 2. The Morgan fingerprint density at radius 1 is 1.20 bits per heavy atom. The molecule has 0 spiro atoms. The van der Waals surface area contributed by atoms with Crippen LogP contribution in [0, 0.1) is 5.41 Å². The highest BCUT2D eigenvalue weighted by Crippen LogP contribution is 2.41. The van der Waals surface area contributed by atoms with Crippen molar-refractivity contribution < 1.29 is 14.7 Å². The molecule has 1 aliphatic rings. The average Bonchev–Trinajstić information content (AvgIpc) is 2.82. The van der Waals surface area contributed by atoms with Gasteiger partial charge in [-0.25, -0.2) is 0 Å². The van der Waals surface area contributed by atoms with Crippen LogP contribution in [-0.4, -0.2) is 34.3 Å². The number of thioether (sulfide) groups is 1. The molecule has 0 aliphatic carbocycles. The van der Waals surface area contributed by atoms with E-state index in [2.05, 4.69) is 16.0 Å². The van der Waals surface area contributed by atoms with Gasteiger partial charge in [0.05, 0.1) is 17.8 Å². The molecular formula is C18H27N3O3S. The summed E-state index contributed by atoms with van der Waals surface area (Å²) < 4.78 is 0. The summed E-state index contributed by atoms with van der Waals surface area (Å²) >= 11 is 1.53. The molecule has 0 bridgehead atoms. The molecule has 0 aromatic heterocycles. The van der Waals surface area contributed by atoms with Gasteiger partial charge in [0.2, 0.25) is 5.91 Å². The number of carbonyl (C=O) groups is 2. The summed E-state index contributed by atoms with van der Waals surface area (Å²) in [5, 5.41) is 18.8. The Morgan fingerprint density at radius 3 is 2.32 bits per heavy atom. The number of benzene rings is 1. The number of aliphatic carboxylic acids is 1. The molecule has 0 unspecified atom stereocenters. The summed E-state index contributed by atoms with van der Waals surface area (Å²) in [6.45, 7) is 6.70. The molecule has 0 atom stereocenters. The first-order valence-corrected chi connectivity index (χ1v) is 9.46. The maximum Gasteiger partial charge on any atom is 0.308 e. The Hall–Kier alpha value is -1.89. The third-order valence-corrected chi connectivity index (χ3v) is 5.02. The molecule has 1 aliphatic heterocycles. The Labute approximate surface area is 153 Å². The summed E-state index contributed by atoms with van der Waals surface area (Å²) in [4.78, 5) is 22.3. The number of carbonyl (C=O) groups excluding carboxylic acids is 1. The lowest BCUT2D eigenvalue weighted by molar-refractivity contribution is -0.137. The fourth-order valence-electron chi connectivity index (χ4n) is 2.68. The van der Waals surface area contributed by atoms with Crippen LogP contribution in [0.2, 0.25) is 0 Å². The number of amides is 1. The van der Waals surface area contributed by atoms with E-state index >= 15 is 0 Å². The number of anilines is 2. The third-order valence-electron chi connectivity index (χ3n) is 3.68. The first-order valence-electron chi connectivity index (χ1n) is 8.47. The van der Waals surface area contributed by atoms with Gasteiger partial charge in [-0.15, -0.1) is 11.8 Å².